The number of benzene rings is 2. The fourth-order valence-electron chi connectivity index (χ4n) is 1.98. The Kier molecular flexibility index (Phi) is 2.13. The highest BCUT2D eigenvalue weighted by molar-refractivity contribution is 5.79. The maximum Gasteiger partial charge on any atom is 0.331 e. The lowest BCUT2D eigenvalue weighted by atomic mass is 10.2. The van der Waals surface area contributed by atoms with Crippen LogP contribution in [-0.2, 0) is 0 Å². The van der Waals surface area contributed by atoms with Gasteiger partial charge in [0.1, 0.15) is 11.5 Å². The van der Waals surface area contributed by atoms with E-state index in [0.29, 0.717) is 16.7 Å². The van der Waals surface area contributed by atoms with Crippen molar-refractivity contribution in [3.8, 4) is 17.2 Å². The lowest BCUT2D eigenvalue weighted by Gasteiger charge is -2.05. The quantitative estimate of drug-likeness (QED) is 0.608. The average molecular weight is 242 g/mol. The van der Waals surface area contributed by atoms with Crippen LogP contribution in [0.2, 0.25) is 0 Å². The second-order valence-electron chi connectivity index (χ2n) is 3.96. The Hall–Kier alpha value is -2.69. The summed E-state index contributed by atoms with van der Waals surface area (Å²) in [6.07, 6.45) is 0. The molecule has 0 bridgehead atoms. The van der Waals surface area contributed by atoms with Gasteiger partial charge in [0.2, 0.25) is 0 Å². The van der Waals surface area contributed by atoms with Gasteiger partial charge in [-0.05, 0) is 24.3 Å². The van der Waals surface area contributed by atoms with E-state index in [0.717, 1.165) is 0 Å². The van der Waals surface area contributed by atoms with E-state index in [2.05, 4.69) is 4.98 Å². The summed E-state index contributed by atoms with van der Waals surface area (Å²) in [7, 11) is 0. The number of aromatic amines is 1. The van der Waals surface area contributed by atoms with Gasteiger partial charge in [-0.15, -0.1) is 0 Å². The number of para-hydroxylation sites is 2. The minimum absolute atomic E-state index is 0.00356. The number of rotatable bonds is 1. The topological polar surface area (TPSA) is 78.2 Å². The second kappa shape index (κ2) is 3.66. The fourth-order valence-corrected chi connectivity index (χ4v) is 1.98. The molecule has 0 saturated heterocycles. The highest BCUT2D eigenvalue weighted by Crippen LogP contribution is 2.25. The molecule has 1 heterocycles. The van der Waals surface area contributed by atoms with E-state index < -0.39 is 0 Å². The van der Waals surface area contributed by atoms with Crippen molar-refractivity contribution in [2.24, 2.45) is 0 Å². The molecule has 3 aromatic rings. The van der Waals surface area contributed by atoms with E-state index in [1.54, 1.807) is 24.3 Å². The second-order valence-corrected chi connectivity index (χ2v) is 3.96. The number of aromatic nitrogens is 2. The molecule has 0 radical (unpaired) electrons. The van der Waals surface area contributed by atoms with Crippen molar-refractivity contribution in [3.05, 3.63) is 52.9 Å². The fraction of sp³-hybridized carbons (Fsp3) is 0. The standard InChI is InChI=1S/C13H10N2O3/c16-8-5-6-9-11(7-8)15(13(18)14-9)10-3-1-2-4-12(10)17/h1-7,16-17H,(H,14,18). The monoisotopic (exact) mass is 242 g/mol. The first-order valence-corrected chi connectivity index (χ1v) is 5.39. The number of aromatic hydroxyl groups is 2. The van der Waals surface area contributed by atoms with Gasteiger partial charge in [0.15, 0.2) is 0 Å². The van der Waals surface area contributed by atoms with Crippen LogP contribution in [-0.4, -0.2) is 19.8 Å². The number of fused-ring (bicyclic) bond motifs is 1. The van der Waals surface area contributed by atoms with E-state index >= 15 is 0 Å². The van der Waals surface area contributed by atoms with Crippen molar-refractivity contribution in [1.82, 2.24) is 9.55 Å². The molecule has 2 aromatic carbocycles. The normalized spacial score (nSPS) is 10.9. The molecule has 0 saturated carbocycles. The van der Waals surface area contributed by atoms with Crippen molar-refractivity contribution in [1.29, 1.82) is 0 Å². The van der Waals surface area contributed by atoms with Crippen molar-refractivity contribution >= 4 is 11.0 Å². The van der Waals surface area contributed by atoms with Crippen molar-refractivity contribution in [2.45, 2.75) is 0 Å². The minimum Gasteiger partial charge on any atom is -0.508 e. The third-order valence-corrected chi connectivity index (χ3v) is 2.79. The number of H-pyrrole nitrogens is 1. The molecule has 1 aromatic heterocycles. The van der Waals surface area contributed by atoms with E-state index in [1.807, 2.05) is 0 Å². The van der Waals surface area contributed by atoms with Crippen molar-refractivity contribution in [3.63, 3.8) is 0 Å². The molecule has 0 unspecified atom stereocenters. The van der Waals surface area contributed by atoms with Crippen LogP contribution in [0.3, 0.4) is 0 Å². The number of imidazole rings is 1. The molecule has 0 spiro atoms. The Bertz CT molecular complexity index is 786. The molecule has 5 heteroatoms. The van der Waals surface area contributed by atoms with E-state index in [4.69, 9.17) is 0 Å². The molecule has 0 atom stereocenters. The summed E-state index contributed by atoms with van der Waals surface area (Å²) in [6.45, 7) is 0. The zero-order valence-corrected chi connectivity index (χ0v) is 9.29. The lowest BCUT2D eigenvalue weighted by molar-refractivity contribution is 0.471. The number of hydrogen-bond acceptors (Lipinski definition) is 3. The zero-order valence-electron chi connectivity index (χ0n) is 9.29. The summed E-state index contributed by atoms with van der Waals surface area (Å²) in [5.74, 6) is 0.0644. The van der Waals surface area contributed by atoms with Crippen LogP contribution in [0.1, 0.15) is 0 Å². The Morgan fingerprint density at radius 3 is 2.61 bits per heavy atom. The number of phenols is 2. The summed E-state index contributed by atoms with van der Waals surface area (Å²) < 4.78 is 1.32. The Morgan fingerprint density at radius 1 is 1.06 bits per heavy atom. The molecule has 90 valence electrons. The van der Waals surface area contributed by atoms with Gasteiger partial charge in [-0.3, -0.25) is 4.57 Å². The third kappa shape index (κ3) is 1.45. The summed E-state index contributed by atoms with van der Waals surface area (Å²) in [4.78, 5) is 14.6. The molecule has 5 nitrogen and oxygen atoms in total. The van der Waals surface area contributed by atoms with Gasteiger partial charge in [-0.1, -0.05) is 12.1 Å². The van der Waals surface area contributed by atoms with Gasteiger partial charge in [0, 0.05) is 6.07 Å². The molecule has 3 rings (SSSR count). The zero-order chi connectivity index (χ0) is 12.7. The van der Waals surface area contributed by atoms with Gasteiger partial charge in [-0.25, -0.2) is 4.79 Å². The molecule has 0 fully saturated rings. The van der Waals surface area contributed by atoms with Crippen LogP contribution >= 0.6 is 0 Å². The Labute approximate surface area is 102 Å². The summed E-state index contributed by atoms with van der Waals surface area (Å²) in [5, 5.41) is 19.3. The van der Waals surface area contributed by atoms with Crippen LogP contribution in [0.4, 0.5) is 0 Å². The van der Waals surface area contributed by atoms with E-state index in [-0.39, 0.29) is 17.2 Å². The van der Waals surface area contributed by atoms with E-state index in [9.17, 15) is 15.0 Å². The number of nitrogens with zero attached hydrogens (tertiary/aromatic N) is 1. The van der Waals surface area contributed by atoms with Crippen LogP contribution in [0, 0.1) is 0 Å². The third-order valence-electron chi connectivity index (χ3n) is 2.79. The van der Waals surface area contributed by atoms with E-state index in [1.165, 1.54) is 22.8 Å². The SMILES string of the molecule is O=c1[nH]c2ccc(O)cc2n1-c1ccccc1O. The molecule has 0 aliphatic carbocycles. The molecule has 0 amide bonds. The molecule has 18 heavy (non-hydrogen) atoms. The van der Waals surface area contributed by atoms with Gasteiger partial charge in [0.25, 0.3) is 0 Å². The number of hydrogen-bond donors (Lipinski definition) is 3. The molecular weight excluding hydrogens is 232 g/mol. The average Bonchev–Trinajstić information content (AvgIpc) is 2.66. The maximum absolute atomic E-state index is 11.9. The smallest absolute Gasteiger partial charge is 0.331 e. The number of phenolic OH excluding ortho intramolecular Hbond substituents is 2. The highest BCUT2D eigenvalue weighted by Gasteiger charge is 2.11. The Morgan fingerprint density at radius 2 is 1.83 bits per heavy atom. The summed E-state index contributed by atoms with van der Waals surface area (Å²) >= 11 is 0. The summed E-state index contributed by atoms with van der Waals surface area (Å²) in [6, 6.07) is 11.1. The minimum atomic E-state index is -0.364. The first-order chi connectivity index (χ1) is 8.66. The van der Waals surface area contributed by atoms with Crippen LogP contribution in [0.15, 0.2) is 47.3 Å². The van der Waals surface area contributed by atoms with Crippen LogP contribution < -0.4 is 5.69 Å². The molecular formula is C13H10N2O3. The highest BCUT2D eigenvalue weighted by atomic mass is 16.3. The molecule has 0 aliphatic heterocycles. The Balaban J connectivity index is 2.42. The number of nitrogens with one attached hydrogen (secondary N) is 1. The maximum atomic E-state index is 11.9. The largest absolute Gasteiger partial charge is 0.508 e. The first-order valence-electron chi connectivity index (χ1n) is 5.39. The van der Waals surface area contributed by atoms with Crippen molar-refractivity contribution in [2.75, 3.05) is 0 Å². The first kappa shape index (κ1) is 10.5. The predicted octanol–water partition coefficient (Wildman–Crippen LogP) is 1.73. The lowest BCUT2D eigenvalue weighted by Crippen LogP contribution is -2.14. The van der Waals surface area contributed by atoms with Gasteiger partial charge < -0.3 is 15.2 Å². The van der Waals surface area contributed by atoms with Gasteiger partial charge in [-0.2, -0.15) is 0 Å². The van der Waals surface area contributed by atoms with Crippen LogP contribution in [0.5, 0.6) is 11.5 Å². The van der Waals surface area contributed by atoms with Gasteiger partial charge >= 0.3 is 5.69 Å². The van der Waals surface area contributed by atoms with Crippen molar-refractivity contribution < 1.29 is 10.2 Å². The van der Waals surface area contributed by atoms with Crippen LogP contribution in [0.25, 0.3) is 16.7 Å². The molecule has 0 aliphatic rings. The molecule has 3 N–H and O–H groups in total. The summed E-state index contributed by atoms with van der Waals surface area (Å²) in [5.41, 5.74) is 1.12. The predicted molar refractivity (Wildman–Crippen MR) is 67.2 cm³/mol. The van der Waals surface area contributed by atoms with Gasteiger partial charge in [0.05, 0.1) is 16.7 Å².